The van der Waals surface area contributed by atoms with E-state index in [0.29, 0.717) is 11.8 Å². The molecule has 0 atom stereocenters. The number of carbonyl (C=O) groups is 1. The highest BCUT2D eigenvalue weighted by Gasteiger charge is 2.17. The molecule has 0 aliphatic heterocycles. The van der Waals surface area contributed by atoms with Crippen molar-refractivity contribution in [2.45, 2.75) is 0 Å². The Morgan fingerprint density at radius 3 is 2.62 bits per heavy atom. The van der Waals surface area contributed by atoms with Crippen molar-refractivity contribution in [2.24, 2.45) is 0 Å². The van der Waals surface area contributed by atoms with Gasteiger partial charge in [0.15, 0.2) is 6.29 Å². The first kappa shape index (κ1) is 14.5. The number of carbonyl (C=O) groups excluding carboxylic acids is 1. The van der Waals surface area contributed by atoms with Gasteiger partial charge in [-0.25, -0.2) is 0 Å². The van der Waals surface area contributed by atoms with E-state index in [2.05, 4.69) is 0 Å². The Hall–Kier alpha value is -2.91. The summed E-state index contributed by atoms with van der Waals surface area (Å²) in [6.45, 7) is 0. The van der Waals surface area contributed by atoms with E-state index in [9.17, 15) is 14.9 Å². The van der Waals surface area contributed by atoms with Crippen LogP contribution in [0.15, 0.2) is 36.4 Å². The Morgan fingerprint density at radius 1 is 1.29 bits per heavy atom. The Morgan fingerprint density at radius 2 is 2.05 bits per heavy atom. The summed E-state index contributed by atoms with van der Waals surface area (Å²) < 4.78 is 5.40. The van der Waals surface area contributed by atoms with Gasteiger partial charge >= 0.3 is 5.69 Å². The van der Waals surface area contributed by atoms with Crippen LogP contribution in [0.3, 0.4) is 0 Å². The Bertz CT molecular complexity index is 768. The molecule has 0 unspecified atom stereocenters. The molecule has 0 saturated carbocycles. The zero-order valence-electron chi connectivity index (χ0n) is 10.4. The maximum Gasteiger partial charge on any atom is 0.312 e. The number of nitrogens with zero attached hydrogens (tertiary/aromatic N) is 2. The third-order valence-corrected chi connectivity index (χ3v) is 2.94. The minimum absolute atomic E-state index is 0.0195. The van der Waals surface area contributed by atoms with Gasteiger partial charge < -0.3 is 4.74 Å². The number of halogens is 1. The summed E-state index contributed by atoms with van der Waals surface area (Å²) in [5.74, 6) is 0.229. The van der Waals surface area contributed by atoms with E-state index in [1.807, 2.05) is 6.07 Å². The third-order valence-electron chi connectivity index (χ3n) is 2.61. The normalized spacial score (nSPS) is 9.71. The molecule has 0 N–H and O–H groups in total. The summed E-state index contributed by atoms with van der Waals surface area (Å²) in [6.07, 6.45) is 0.594. The standard InChI is InChI=1S/C14H7ClN2O4/c15-12-6-11(3-2-10(12)8-18)21-14-4-1-9(7-16)5-13(14)17(19)20/h1-6,8H. The van der Waals surface area contributed by atoms with Crippen LogP contribution >= 0.6 is 11.6 Å². The van der Waals surface area contributed by atoms with Crippen molar-refractivity contribution in [2.75, 3.05) is 0 Å². The largest absolute Gasteiger partial charge is 0.450 e. The zero-order valence-corrected chi connectivity index (χ0v) is 11.2. The molecule has 0 aromatic heterocycles. The summed E-state index contributed by atoms with van der Waals surface area (Å²) in [4.78, 5) is 21.0. The number of nitro groups is 1. The van der Waals surface area contributed by atoms with Crippen LogP contribution in [0.4, 0.5) is 5.69 Å². The summed E-state index contributed by atoms with van der Waals surface area (Å²) in [5, 5.41) is 19.9. The number of benzene rings is 2. The first-order valence-corrected chi connectivity index (χ1v) is 6.04. The molecule has 21 heavy (non-hydrogen) atoms. The summed E-state index contributed by atoms with van der Waals surface area (Å²) in [6, 6.07) is 9.97. The zero-order chi connectivity index (χ0) is 15.4. The molecule has 0 saturated heterocycles. The molecule has 0 spiro atoms. The Kier molecular flexibility index (Phi) is 4.16. The van der Waals surface area contributed by atoms with Gasteiger partial charge in [0.25, 0.3) is 0 Å². The van der Waals surface area contributed by atoms with Crippen LogP contribution in [0.2, 0.25) is 5.02 Å². The number of hydrogen-bond acceptors (Lipinski definition) is 5. The monoisotopic (exact) mass is 302 g/mol. The van der Waals surface area contributed by atoms with Crippen LogP contribution in [0.5, 0.6) is 11.5 Å². The molecule has 0 amide bonds. The van der Waals surface area contributed by atoms with E-state index in [0.717, 1.165) is 6.07 Å². The van der Waals surface area contributed by atoms with Gasteiger partial charge in [0.1, 0.15) is 5.75 Å². The molecule has 0 radical (unpaired) electrons. The first-order chi connectivity index (χ1) is 10.0. The van der Waals surface area contributed by atoms with Crippen molar-refractivity contribution in [3.8, 4) is 17.6 Å². The minimum atomic E-state index is -0.641. The number of aldehydes is 1. The average Bonchev–Trinajstić information content (AvgIpc) is 2.47. The fourth-order valence-electron chi connectivity index (χ4n) is 1.61. The maximum atomic E-state index is 11.0. The van der Waals surface area contributed by atoms with Gasteiger partial charge in [-0.15, -0.1) is 0 Å². The van der Waals surface area contributed by atoms with Gasteiger partial charge in [-0.1, -0.05) is 11.6 Å². The van der Waals surface area contributed by atoms with Gasteiger partial charge in [0.2, 0.25) is 5.75 Å². The molecule has 7 heteroatoms. The van der Waals surface area contributed by atoms with E-state index in [4.69, 9.17) is 21.6 Å². The van der Waals surface area contributed by atoms with Crippen LogP contribution in [0.1, 0.15) is 15.9 Å². The van der Waals surface area contributed by atoms with Crippen molar-refractivity contribution < 1.29 is 14.5 Å². The molecule has 0 aliphatic rings. The molecule has 0 aliphatic carbocycles. The van der Waals surface area contributed by atoms with Crippen molar-refractivity contribution in [1.82, 2.24) is 0 Å². The molecule has 2 aromatic rings. The Labute approximate surface area is 124 Å². The topological polar surface area (TPSA) is 93.2 Å². The van der Waals surface area contributed by atoms with E-state index in [1.165, 1.54) is 30.3 Å². The van der Waals surface area contributed by atoms with Gasteiger partial charge in [-0.2, -0.15) is 5.26 Å². The smallest absolute Gasteiger partial charge is 0.312 e. The van der Waals surface area contributed by atoms with Crippen LogP contribution in [-0.2, 0) is 0 Å². The Balaban J connectivity index is 2.39. The molecular weight excluding hydrogens is 296 g/mol. The highest BCUT2D eigenvalue weighted by molar-refractivity contribution is 6.33. The molecular formula is C14H7ClN2O4. The number of hydrogen-bond donors (Lipinski definition) is 0. The second-order valence-corrected chi connectivity index (χ2v) is 4.36. The van der Waals surface area contributed by atoms with Crippen molar-refractivity contribution in [1.29, 1.82) is 5.26 Å². The molecule has 0 heterocycles. The SMILES string of the molecule is N#Cc1ccc(Oc2ccc(C=O)c(Cl)c2)c([N+](=O)[O-])c1. The maximum absolute atomic E-state index is 11.0. The van der Waals surface area contributed by atoms with Crippen molar-refractivity contribution in [3.05, 3.63) is 62.7 Å². The van der Waals surface area contributed by atoms with Gasteiger partial charge in [-0.3, -0.25) is 14.9 Å². The molecule has 2 aromatic carbocycles. The highest BCUT2D eigenvalue weighted by Crippen LogP contribution is 2.33. The van der Waals surface area contributed by atoms with Crippen molar-refractivity contribution >= 4 is 23.6 Å². The second kappa shape index (κ2) is 6.03. The van der Waals surface area contributed by atoms with Gasteiger partial charge in [0.05, 0.1) is 21.6 Å². The highest BCUT2D eigenvalue weighted by atomic mass is 35.5. The predicted octanol–water partition coefficient (Wildman–Crippen LogP) is 3.72. The lowest BCUT2D eigenvalue weighted by Crippen LogP contribution is -1.94. The van der Waals surface area contributed by atoms with E-state index < -0.39 is 4.92 Å². The van der Waals surface area contributed by atoms with E-state index in [-0.39, 0.29) is 27.8 Å². The summed E-state index contributed by atoms with van der Waals surface area (Å²) >= 11 is 5.86. The molecule has 0 fully saturated rings. The van der Waals surface area contributed by atoms with Crippen LogP contribution < -0.4 is 4.74 Å². The number of nitriles is 1. The van der Waals surface area contributed by atoms with Crippen LogP contribution in [0.25, 0.3) is 0 Å². The summed E-state index contributed by atoms with van der Waals surface area (Å²) in [5.41, 5.74) is 0.117. The van der Waals surface area contributed by atoms with Crippen LogP contribution in [-0.4, -0.2) is 11.2 Å². The van der Waals surface area contributed by atoms with Crippen LogP contribution in [0, 0.1) is 21.4 Å². The fourth-order valence-corrected chi connectivity index (χ4v) is 1.82. The van der Waals surface area contributed by atoms with Gasteiger partial charge in [-0.05, 0) is 24.3 Å². The molecule has 6 nitrogen and oxygen atoms in total. The first-order valence-electron chi connectivity index (χ1n) is 5.66. The summed E-state index contributed by atoms with van der Waals surface area (Å²) in [7, 11) is 0. The lowest BCUT2D eigenvalue weighted by Gasteiger charge is -2.07. The van der Waals surface area contributed by atoms with E-state index in [1.54, 1.807) is 0 Å². The van der Waals surface area contributed by atoms with E-state index >= 15 is 0 Å². The molecule has 2 rings (SSSR count). The quantitative estimate of drug-likeness (QED) is 0.487. The third kappa shape index (κ3) is 3.16. The molecule has 104 valence electrons. The number of ether oxygens (including phenoxy) is 1. The number of nitro benzene ring substituents is 1. The second-order valence-electron chi connectivity index (χ2n) is 3.95. The van der Waals surface area contributed by atoms with Crippen molar-refractivity contribution in [3.63, 3.8) is 0 Å². The van der Waals surface area contributed by atoms with Gasteiger partial charge in [0, 0.05) is 17.7 Å². The average molecular weight is 303 g/mol. The number of rotatable bonds is 4. The lowest BCUT2D eigenvalue weighted by molar-refractivity contribution is -0.385. The lowest BCUT2D eigenvalue weighted by atomic mass is 10.2. The molecule has 0 bridgehead atoms. The predicted molar refractivity (Wildman–Crippen MR) is 74.7 cm³/mol. The fraction of sp³-hybridized carbons (Fsp3) is 0. The minimum Gasteiger partial charge on any atom is -0.450 e.